The molecule has 0 bridgehead atoms. The van der Waals surface area contributed by atoms with Crippen molar-refractivity contribution in [1.82, 2.24) is 0 Å². The molecule has 0 atom stereocenters. The highest BCUT2D eigenvalue weighted by Crippen LogP contribution is 2.23. The average molecular weight is 212 g/mol. The van der Waals surface area contributed by atoms with Gasteiger partial charge in [-0.25, -0.2) is 0 Å². The number of benzene rings is 2. The first-order chi connectivity index (χ1) is 7.66. The van der Waals surface area contributed by atoms with E-state index in [2.05, 4.69) is 30.3 Å². The Balaban J connectivity index is 2.32. The quantitative estimate of drug-likeness (QED) is 0.806. The van der Waals surface area contributed by atoms with E-state index in [9.17, 15) is 5.11 Å². The topological polar surface area (TPSA) is 20.2 Å². The van der Waals surface area contributed by atoms with Gasteiger partial charge in [0.15, 0.2) is 0 Å². The Labute approximate surface area is 96.4 Å². The second-order valence-electron chi connectivity index (χ2n) is 4.23. The molecule has 0 aliphatic heterocycles. The zero-order valence-corrected chi connectivity index (χ0v) is 9.70. The maximum absolute atomic E-state index is 9.59. The molecule has 0 fully saturated rings. The Hall–Kier alpha value is -1.76. The molecule has 0 radical (unpaired) electrons. The molecule has 2 aromatic rings. The molecule has 2 rings (SSSR count). The van der Waals surface area contributed by atoms with Crippen LogP contribution >= 0.6 is 0 Å². The smallest absolute Gasteiger partial charge is 0.118 e. The Morgan fingerprint density at radius 3 is 2.31 bits per heavy atom. The summed E-state index contributed by atoms with van der Waals surface area (Å²) >= 11 is 0. The van der Waals surface area contributed by atoms with Crippen molar-refractivity contribution < 1.29 is 5.11 Å². The molecule has 82 valence electrons. The van der Waals surface area contributed by atoms with Gasteiger partial charge in [0.2, 0.25) is 0 Å². The predicted octanol–water partition coefficient (Wildman–Crippen LogP) is 3.60. The Bertz CT molecular complexity index is 486. The zero-order valence-electron chi connectivity index (χ0n) is 9.70. The number of aryl methyl sites for hydroxylation is 2. The van der Waals surface area contributed by atoms with Crippen LogP contribution in [0.2, 0.25) is 0 Å². The summed E-state index contributed by atoms with van der Waals surface area (Å²) in [6.45, 7) is 3.97. The molecule has 0 saturated heterocycles. The summed E-state index contributed by atoms with van der Waals surface area (Å²) < 4.78 is 0. The molecule has 16 heavy (non-hydrogen) atoms. The molecule has 2 aromatic carbocycles. The summed E-state index contributed by atoms with van der Waals surface area (Å²) in [6, 6.07) is 14.3. The van der Waals surface area contributed by atoms with Gasteiger partial charge in [-0.1, -0.05) is 36.4 Å². The van der Waals surface area contributed by atoms with Gasteiger partial charge in [0.05, 0.1) is 0 Å². The summed E-state index contributed by atoms with van der Waals surface area (Å²) in [5.41, 5.74) is 4.67. The van der Waals surface area contributed by atoms with Crippen LogP contribution in [0.4, 0.5) is 0 Å². The summed E-state index contributed by atoms with van der Waals surface area (Å²) in [6.07, 6.45) is 0.924. The third-order valence-electron chi connectivity index (χ3n) is 2.89. The number of phenolic OH excluding ortho intramolecular Hbond substituents is 1. The van der Waals surface area contributed by atoms with Crippen LogP contribution in [-0.4, -0.2) is 5.11 Å². The molecule has 0 amide bonds. The standard InChI is InChI=1S/C15H16O/c1-11-9-15(16)12(2)8-14(11)10-13-6-4-3-5-7-13/h3-9,16H,10H2,1-2H3. The van der Waals surface area contributed by atoms with Crippen molar-refractivity contribution in [3.63, 3.8) is 0 Å². The highest BCUT2D eigenvalue weighted by atomic mass is 16.3. The SMILES string of the molecule is Cc1cc(Cc2ccccc2)c(C)cc1O. The maximum Gasteiger partial charge on any atom is 0.118 e. The van der Waals surface area contributed by atoms with Crippen molar-refractivity contribution in [2.45, 2.75) is 20.3 Å². The van der Waals surface area contributed by atoms with E-state index in [0.29, 0.717) is 5.75 Å². The molecule has 0 aliphatic carbocycles. The summed E-state index contributed by atoms with van der Waals surface area (Å²) in [4.78, 5) is 0. The molecular formula is C15H16O. The molecular weight excluding hydrogens is 196 g/mol. The fraction of sp³-hybridized carbons (Fsp3) is 0.200. The van der Waals surface area contributed by atoms with Crippen LogP contribution in [-0.2, 0) is 6.42 Å². The van der Waals surface area contributed by atoms with Gasteiger partial charge in [0.25, 0.3) is 0 Å². The van der Waals surface area contributed by atoms with E-state index in [4.69, 9.17) is 0 Å². The Morgan fingerprint density at radius 1 is 0.938 bits per heavy atom. The van der Waals surface area contributed by atoms with Crippen LogP contribution in [0.15, 0.2) is 42.5 Å². The van der Waals surface area contributed by atoms with Gasteiger partial charge < -0.3 is 5.11 Å². The van der Waals surface area contributed by atoms with Crippen LogP contribution < -0.4 is 0 Å². The predicted molar refractivity (Wildman–Crippen MR) is 66.8 cm³/mol. The Morgan fingerprint density at radius 2 is 1.62 bits per heavy atom. The van der Waals surface area contributed by atoms with E-state index >= 15 is 0 Å². The second-order valence-corrected chi connectivity index (χ2v) is 4.23. The molecule has 0 aromatic heterocycles. The van der Waals surface area contributed by atoms with Gasteiger partial charge in [-0.05, 0) is 48.6 Å². The van der Waals surface area contributed by atoms with E-state index in [1.165, 1.54) is 11.1 Å². The fourth-order valence-corrected chi connectivity index (χ4v) is 1.87. The first kappa shape index (κ1) is 10.7. The van der Waals surface area contributed by atoms with Crippen molar-refractivity contribution in [2.24, 2.45) is 0 Å². The molecule has 0 spiro atoms. The van der Waals surface area contributed by atoms with Crippen molar-refractivity contribution >= 4 is 0 Å². The minimum Gasteiger partial charge on any atom is -0.508 e. The number of hydrogen-bond donors (Lipinski definition) is 1. The van der Waals surface area contributed by atoms with E-state index in [1.54, 1.807) is 0 Å². The van der Waals surface area contributed by atoms with E-state index < -0.39 is 0 Å². The van der Waals surface area contributed by atoms with E-state index in [1.807, 2.05) is 26.0 Å². The van der Waals surface area contributed by atoms with Gasteiger partial charge in [-0.2, -0.15) is 0 Å². The summed E-state index contributed by atoms with van der Waals surface area (Å²) in [5, 5.41) is 9.59. The third-order valence-corrected chi connectivity index (χ3v) is 2.89. The van der Waals surface area contributed by atoms with Crippen LogP contribution in [0.25, 0.3) is 0 Å². The lowest BCUT2D eigenvalue weighted by atomic mass is 9.98. The normalized spacial score (nSPS) is 10.4. The molecule has 0 unspecified atom stereocenters. The van der Waals surface area contributed by atoms with Gasteiger partial charge in [0, 0.05) is 0 Å². The van der Waals surface area contributed by atoms with Gasteiger partial charge in [-0.3, -0.25) is 0 Å². The van der Waals surface area contributed by atoms with E-state index in [-0.39, 0.29) is 0 Å². The fourth-order valence-electron chi connectivity index (χ4n) is 1.87. The molecule has 1 N–H and O–H groups in total. The third kappa shape index (κ3) is 2.25. The van der Waals surface area contributed by atoms with Gasteiger partial charge in [0.1, 0.15) is 5.75 Å². The van der Waals surface area contributed by atoms with Crippen molar-refractivity contribution in [1.29, 1.82) is 0 Å². The monoisotopic (exact) mass is 212 g/mol. The number of phenols is 1. The lowest BCUT2D eigenvalue weighted by Crippen LogP contribution is -1.93. The first-order valence-electron chi connectivity index (χ1n) is 5.50. The average Bonchev–Trinajstić information content (AvgIpc) is 2.27. The van der Waals surface area contributed by atoms with Gasteiger partial charge in [-0.15, -0.1) is 0 Å². The van der Waals surface area contributed by atoms with Crippen molar-refractivity contribution in [2.75, 3.05) is 0 Å². The minimum atomic E-state index is 0.384. The van der Waals surface area contributed by atoms with E-state index in [0.717, 1.165) is 17.5 Å². The van der Waals surface area contributed by atoms with Crippen LogP contribution in [0.5, 0.6) is 5.75 Å². The molecule has 0 saturated carbocycles. The first-order valence-corrected chi connectivity index (χ1v) is 5.50. The molecule has 0 heterocycles. The highest BCUT2D eigenvalue weighted by molar-refractivity contribution is 5.42. The zero-order chi connectivity index (χ0) is 11.5. The van der Waals surface area contributed by atoms with Crippen LogP contribution in [0.3, 0.4) is 0 Å². The van der Waals surface area contributed by atoms with Crippen molar-refractivity contribution in [3.05, 3.63) is 64.7 Å². The lowest BCUT2D eigenvalue weighted by Gasteiger charge is -2.09. The molecule has 1 nitrogen and oxygen atoms in total. The number of rotatable bonds is 2. The molecule has 1 heteroatoms. The largest absolute Gasteiger partial charge is 0.508 e. The molecule has 0 aliphatic rings. The summed E-state index contributed by atoms with van der Waals surface area (Å²) in [5.74, 6) is 0.384. The second kappa shape index (κ2) is 4.40. The number of hydrogen-bond acceptors (Lipinski definition) is 1. The highest BCUT2D eigenvalue weighted by Gasteiger charge is 2.04. The number of aromatic hydroxyl groups is 1. The minimum absolute atomic E-state index is 0.384. The van der Waals surface area contributed by atoms with Crippen LogP contribution in [0.1, 0.15) is 22.3 Å². The lowest BCUT2D eigenvalue weighted by molar-refractivity contribution is 0.470. The van der Waals surface area contributed by atoms with Crippen molar-refractivity contribution in [3.8, 4) is 5.75 Å². The van der Waals surface area contributed by atoms with Crippen LogP contribution in [0, 0.1) is 13.8 Å². The maximum atomic E-state index is 9.59. The Kier molecular flexibility index (Phi) is 2.95. The van der Waals surface area contributed by atoms with Gasteiger partial charge >= 0.3 is 0 Å². The summed E-state index contributed by atoms with van der Waals surface area (Å²) in [7, 11) is 0.